The first-order valence-corrected chi connectivity index (χ1v) is 7.47. The number of hydrogen-bond donors (Lipinski definition) is 3. The number of aryl methyl sites for hydroxylation is 2. The Morgan fingerprint density at radius 2 is 2.00 bits per heavy atom. The van der Waals surface area contributed by atoms with Gasteiger partial charge in [-0.2, -0.15) is 0 Å². The van der Waals surface area contributed by atoms with Crippen molar-refractivity contribution >= 4 is 23.6 Å². The van der Waals surface area contributed by atoms with Crippen LogP contribution in [0.25, 0.3) is 0 Å². The number of carbonyl (C=O) groups is 2. The van der Waals surface area contributed by atoms with Gasteiger partial charge in [0.15, 0.2) is 0 Å². The van der Waals surface area contributed by atoms with Gasteiger partial charge in [-0.05, 0) is 37.6 Å². The third-order valence-electron chi connectivity index (χ3n) is 2.85. The van der Waals surface area contributed by atoms with E-state index in [1.54, 1.807) is 18.3 Å². The summed E-state index contributed by atoms with van der Waals surface area (Å²) in [5, 5.41) is 0. The molecule has 5 nitrogen and oxygen atoms in total. The molecule has 0 aliphatic carbocycles. The SMILES string of the molecule is Cc1ccc(SCC(=O)NNC(=O)c2ccc[nH]2)c(C)c1. The maximum Gasteiger partial charge on any atom is 0.286 e. The summed E-state index contributed by atoms with van der Waals surface area (Å²) in [6, 6.07) is 9.44. The maximum atomic E-state index is 11.7. The highest BCUT2D eigenvalue weighted by molar-refractivity contribution is 8.00. The van der Waals surface area contributed by atoms with Gasteiger partial charge in [0.25, 0.3) is 5.91 Å². The largest absolute Gasteiger partial charge is 0.357 e. The van der Waals surface area contributed by atoms with Gasteiger partial charge >= 0.3 is 0 Å². The first kappa shape index (κ1) is 15.2. The van der Waals surface area contributed by atoms with E-state index >= 15 is 0 Å². The number of aromatic nitrogens is 1. The summed E-state index contributed by atoms with van der Waals surface area (Å²) in [6.45, 7) is 4.05. The second-order valence-corrected chi connectivity index (χ2v) is 5.66. The molecule has 21 heavy (non-hydrogen) atoms. The van der Waals surface area contributed by atoms with E-state index < -0.39 is 0 Å². The van der Waals surface area contributed by atoms with Crippen molar-refractivity contribution in [3.8, 4) is 0 Å². The predicted octanol–water partition coefficient (Wildman–Crippen LogP) is 2.18. The molecule has 0 radical (unpaired) electrons. The molecule has 0 bridgehead atoms. The van der Waals surface area contributed by atoms with Crippen molar-refractivity contribution in [1.82, 2.24) is 15.8 Å². The van der Waals surface area contributed by atoms with Crippen LogP contribution in [0.15, 0.2) is 41.4 Å². The topological polar surface area (TPSA) is 74.0 Å². The minimum atomic E-state index is -0.370. The van der Waals surface area contributed by atoms with Crippen LogP contribution in [0.4, 0.5) is 0 Å². The van der Waals surface area contributed by atoms with Crippen molar-refractivity contribution in [1.29, 1.82) is 0 Å². The molecule has 3 N–H and O–H groups in total. The summed E-state index contributed by atoms with van der Waals surface area (Å²) in [6.07, 6.45) is 1.65. The second-order valence-electron chi connectivity index (χ2n) is 4.64. The molecule has 2 rings (SSSR count). The number of thioether (sulfide) groups is 1. The lowest BCUT2D eigenvalue weighted by Crippen LogP contribution is -2.42. The minimum Gasteiger partial charge on any atom is -0.357 e. The Labute approximate surface area is 127 Å². The van der Waals surface area contributed by atoms with Crippen LogP contribution in [-0.2, 0) is 4.79 Å². The Morgan fingerprint density at radius 1 is 1.19 bits per heavy atom. The summed E-state index contributed by atoms with van der Waals surface area (Å²) >= 11 is 1.44. The van der Waals surface area contributed by atoms with Gasteiger partial charge in [-0.1, -0.05) is 17.7 Å². The normalized spacial score (nSPS) is 10.2. The van der Waals surface area contributed by atoms with Gasteiger partial charge in [-0.25, -0.2) is 0 Å². The van der Waals surface area contributed by atoms with Crippen molar-refractivity contribution < 1.29 is 9.59 Å². The highest BCUT2D eigenvalue weighted by Gasteiger charge is 2.08. The molecular weight excluding hydrogens is 286 g/mol. The van der Waals surface area contributed by atoms with Crippen LogP contribution in [0.1, 0.15) is 21.6 Å². The number of nitrogens with one attached hydrogen (secondary N) is 3. The number of rotatable bonds is 4. The van der Waals surface area contributed by atoms with Crippen molar-refractivity contribution in [2.45, 2.75) is 18.7 Å². The van der Waals surface area contributed by atoms with E-state index in [-0.39, 0.29) is 17.6 Å². The zero-order chi connectivity index (χ0) is 15.2. The smallest absolute Gasteiger partial charge is 0.286 e. The van der Waals surface area contributed by atoms with E-state index in [1.165, 1.54) is 17.3 Å². The van der Waals surface area contributed by atoms with Crippen molar-refractivity contribution in [2.24, 2.45) is 0 Å². The van der Waals surface area contributed by atoms with Gasteiger partial charge in [0.05, 0.1) is 5.75 Å². The summed E-state index contributed by atoms with van der Waals surface area (Å²) in [7, 11) is 0. The second kappa shape index (κ2) is 6.99. The van der Waals surface area contributed by atoms with Gasteiger partial charge in [0.2, 0.25) is 5.91 Å². The fourth-order valence-electron chi connectivity index (χ4n) is 1.81. The quantitative estimate of drug-likeness (QED) is 0.599. The number of carbonyl (C=O) groups excluding carboxylic acids is 2. The Bertz CT molecular complexity index is 638. The fourth-order valence-corrected chi connectivity index (χ4v) is 2.62. The van der Waals surface area contributed by atoms with Crippen molar-refractivity contribution in [3.05, 3.63) is 53.3 Å². The standard InChI is InChI=1S/C15H17N3O2S/c1-10-5-6-13(11(2)8-10)21-9-14(19)17-18-15(20)12-4-3-7-16-12/h3-8,16H,9H2,1-2H3,(H,17,19)(H,18,20). The molecule has 1 aromatic carbocycles. The lowest BCUT2D eigenvalue weighted by Gasteiger charge is -2.08. The molecule has 0 aliphatic rings. The van der Waals surface area contributed by atoms with Crippen LogP contribution in [0, 0.1) is 13.8 Å². The van der Waals surface area contributed by atoms with E-state index in [4.69, 9.17) is 0 Å². The Morgan fingerprint density at radius 3 is 2.67 bits per heavy atom. The van der Waals surface area contributed by atoms with Gasteiger partial charge in [0.1, 0.15) is 5.69 Å². The summed E-state index contributed by atoms with van der Waals surface area (Å²) in [5.74, 6) is -0.376. The number of hydrogen-bond acceptors (Lipinski definition) is 3. The molecule has 0 saturated heterocycles. The molecule has 1 heterocycles. The van der Waals surface area contributed by atoms with E-state index in [9.17, 15) is 9.59 Å². The molecule has 0 atom stereocenters. The summed E-state index contributed by atoms with van der Waals surface area (Å²) in [5.41, 5.74) is 7.49. The molecule has 0 spiro atoms. The Hall–Kier alpha value is -2.21. The zero-order valence-corrected chi connectivity index (χ0v) is 12.7. The van der Waals surface area contributed by atoms with E-state index in [2.05, 4.69) is 21.9 Å². The number of H-pyrrole nitrogens is 1. The molecular formula is C15H17N3O2S. The van der Waals surface area contributed by atoms with Crippen LogP contribution in [0.5, 0.6) is 0 Å². The zero-order valence-electron chi connectivity index (χ0n) is 11.9. The van der Waals surface area contributed by atoms with Crippen LogP contribution in [0.2, 0.25) is 0 Å². The first-order chi connectivity index (χ1) is 10.1. The maximum absolute atomic E-state index is 11.7. The average Bonchev–Trinajstić information content (AvgIpc) is 2.98. The molecule has 0 unspecified atom stereocenters. The van der Waals surface area contributed by atoms with Crippen molar-refractivity contribution in [2.75, 3.05) is 5.75 Å². The molecule has 0 aliphatic heterocycles. The van der Waals surface area contributed by atoms with Gasteiger partial charge < -0.3 is 4.98 Å². The Kier molecular flexibility index (Phi) is 5.05. The molecule has 2 aromatic rings. The molecule has 2 amide bonds. The lowest BCUT2D eigenvalue weighted by atomic mass is 10.2. The molecule has 0 fully saturated rings. The van der Waals surface area contributed by atoms with Crippen molar-refractivity contribution in [3.63, 3.8) is 0 Å². The Balaban J connectivity index is 1.78. The lowest BCUT2D eigenvalue weighted by molar-refractivity contribution is -0.119. The fraction of sp³-hybridized carbons (Fsp3) is 0.200. The van der Waals surface area contributed by atoms with Gasteiger partial charge in [-0.15, -0.1) is 11.8 Å². The van der Waals surface area contributed by atoms with E-state index in [1.807, 2.05) is 26.0 Å². The number of amides is 2. The van der Waals surface area contributed by atoms with Crippen LogP contribution >= 0.6 is 11.8 Å². The number of aromatic amines is 1. The average molecular weight is 303 g/mol. The van der Waals surface area contributed by atoms with E-state index in [0.717, 1.165) is 10.5 Å². The third-order valence-corrected chi connectivity index (χ3v) is 4.02. The number of hydrazine groups is 1. The highest BCUT2D eigenvalue weighted by atomic mass is 32.2. The first-order valence-electron chi connectivity index (χ1n) is 6.49. The molecule has 110 valence electrons. The van der Waals surface area contributed by atoms with Crippen LogP contribution in [-0.4, -0.2) is 22.6 Å². The third kappa shape index (κ3) is 4.39. The van der Waals surface area contributed by atoms with Crippen LogP contribution < -0.4 is 10.9 Å². The van der Waals surface area contributed by atoms with Crippen LogP contribution in [0.3, 0.4) is 0 Å². The summed E-state index contributed by atoms with van der Waals surface area (Å²) < 4.78 is 0. The van der Waals surface area contributed by atoms with Gasteiger partial charge in [0, 0.05) is 11.1 Å². The molecule has 6 heteroatoms. The molecule has 0 saturated carbocycles. The van der Waals surface area contributed by atoms with Gasteiger partial charge in [-0.3, -0.25) is 20.4 Å². The van der Waals surface area contributed by atoms with E-state index in [0.29, 0.717) is 5.69 Å². The molecule has 1 aromatic heterocycles. The highest BCUT2D eigenvalue weighted by Crippen LogP contribution is 2.22. The minimum absolute atomic E-state index is 0.245. The monoisotopic (exact) mass is 303 g/mol. The summed E-state index contributed by atoms with van der Waals surface area (Å²) in [4.78, 5) is 27.1. The predicted molar refractivity (Wildman–Crippen MR) is 83.0 cm³/mol. The number of benzene rings is 1.